The maximum Gasteiger partial charge on any atom is 0.336 e. The van der Waals surface area contributed by atoms with Crippen molar-refractivity contribution >= 4 is 35.9 Å². The van der Waals surface area contributed by atoms with Crippen LogP contribution >= 0.6 is 24.0 Å². The number of benzene rings is 2. The van der Waals surface area contributed by atoms with Gasteiger partial charge < -0.3 is 15.4 Å². The minimum Gasteiger partial charge on any atom is -0.457 e. The predicted octanol–water partition coefficient (Wildman–Crippen LogP) is 4.05. The van der Waals surface area contributed by atoms with E-state index in [0.717, 1.165) is 11.1 Å². The molecule has 1 aliphatic rings. The van der Waals surface area contributed by atoms with Crippen LogP contribution in [0.2, 0.25) is 5.02 Å². The smallest absolute Gasteiger partial charge is 0.336 e. The standard InChI is InChI=1S/C22H23ClN2O3.ClH/c1-15-21(22(27)28-14-16-5-3-2-4-6-16)19(13-20(26)25(15)12-11-24)17-7-9-18(23)10-8-17;/h2-10,19H,11-14,24H2,1H3;1H. The molecule has 1 unspecified atom stereocenters. The summed E-state index contributed by atoms with van der Waals surface area (Å²) in [7, 11) is 0. The zero-order valence-corrected chi connectivity index (χ0v) is 17.7. The van der Waals surface area contributed by atoms with E-state index in [-0.39, 0.29) is 37.3 Å². The van der Waals surface area contributed by atoms with Crippen molar-refractivity contribution < 1.29 is 14.3 Å². The number of carbonyl (C=O) groups excluding carboxylic acids is 2. The molecule has 2 N–H and O–H groups in total. The molecule has 154 valence electrons. The monoisotopic (exact) mass is 434 g/mol. The van der Waals surface area contributed by atoms with Crippen LogP contribution in [0.4, 0.5) is 0 Å². The van der Waals surface area contributed by atoms with E-state index in [4.69, 9.17) is 22.1 Å². The van der Waals surface area contributed by atoms with Gasteiger partial charge in [0.1, 0.15) is 6.61 Å². The van der Waals surface area contributed by atoms with E-state index >= 15 is 0 Å². The van der Waals surface area contributed by atoms with E-state index in [1.165, 1.54) is 0 Å². The third-order valence-corrected chi connectivity index (χ3v) is 5.13. The van der Waals surface area contributed by atoms with Crippen LogP contribution in [0.25, 0.3) is 0 Å². The fraction of sp³-hybridized carbons (Fsp3) is 0.273. The molecule has 0 aromatic heterocycles. The topological polar surface area (TPSA) is 72.6 Å². The van der Waals surface area contributed by atoms with Gasteiger partial charge in [-0.1, -0.05) is 54.1 Å². The normalized spacial score (nSPS) is 16.4. The highest BCUT2D eigenvalue weighted by atomic mass is 35.5. The van der Waals surface area contributed by atoms with Gasteiger partial charge in [-0.05, 0) is 30.2 Å². The molecule has 3 rings (SSSR count). The predicted molar refractivity (Wildman–Crippen MR) is 116 cm³/mol. The average Bonchev–Trinajstić information content (AvgIpc) is 2.70. The molecule has 2 aromatic carbocycles. The number of halogens is 2. The number of nitrogens with zero attached hydrogens (tertiary/aromatic N) is 1. The lowest BCUT2D eigenvalue weighted by molar-refractivity contribution is -0.141. The first-order valence-electron chi connectivity index (χ1n) is 9.19. The van der Waals surface area contributed by atoms with Gasteiger partial charge in [-0.3, -0.25) is 4.79 Å². The number of ether oxygens (including phenoxy) is 1. The number of hydrogen-bond donors (Lipinski definition) is 1. The molecule has 1 heterocycles. The van der Waals surface area contributed by atoms with E-state index < -0.39 is 5.97 Å². The summed E-state index contributed by atoms with van der Waals surface area (Å²) in [5.41, 5.74) is 8.51. The van der Waals surface area contributed by atoms with E-state index in [2.05, 4.69) is 0 Å². The molecule has 0 saturated carbocycles. The molecule has 1 amide bonds. The maximum atomic E-state index is 13.0. The molecule has 1 aliphatic heterocycles. The number of nitrogens with two attached hydrogens (primary N) is 1. The van der Waals surface area contributed by atoms with Crippen molar-refractivity contribution in [2.24, 2.45) is 5.73 Å². The second-order valence-electron chi connectivity index (χ2n) is 6.70. The molecule has 0 fully saturated rings. The highest BCUT2D eigenvalue weighted by molar-refractivity contribution is 6.30. The first kappa shape index (κ1) is 22.9. The summed E-state index contributed by atoms with van der Waals surface area (Å²) < 4.78 is 5.58. The average molecular weight is 435 g/mol. The highest BCUT2D eigenvalue weighted by Gasteiger charge is 2.36. The summed E-state index contributed by atoms with van der Waals surface area (Å²) in [6, 6.07) is 16.7. The van der Waals surface area contributed by atoms with E-state index in [0.29, 0.717) is 29.4 Å². The number of carbonyl (C=O) groups is 2. The van der Waals surface area contributed by atoms with Gasteiger partial charge in [-0.25, -0.2) is 4.79 Å². The Hall–Kier alpha value is -2.34. The fourth-order valence-corrected chi connectivity index (χ4v) is 3.59. The first-order chi connectivity index (χ1) is 13.5. The largest absolute Gasteiger partial charge is 0.457 e. The van der Waals surface area contributed by atoms with Crippen LogP contribution in [-0.2, 0) is 20.9 Å². The zero-order valence-electron chi connectivity index (χ0n) is 16.1. The van der Waals surface area contributed by atoms with Gasteiger partial charge in [0.2, 0.25) is 5.91 Å². The Kier molecular flexibility index (Phi) is 8.26. The van der Waals surface area contributed by atoms with Crippen molar-refractivity contribution in [3.8, 4) is 0 Å². The Morgan fingerprint density at radius 1 is 1.17 bits per heavy atom. The molecule has 0 spiro atoms. The molecule has 2 aromatic rings. The van der Waals surface area contributed by atoms with Gasteiger partial charge in [0, 0.05) is 36.1 Å². The zero-order chi connectivity index (χ0) is 20.1. The number of esters is 1. The van der Waals surface area contributed by atoms with Crippen LogP contribution in [0.3, 0.4) is 0 Å². The van der Waals surface area contributed by atoms with Crippen molar-refractivity contribution in [2.75, 3.05) is 13.1 Å². The Labute approximate surface area is 181 Å². The summed E-state index contributed by atoms with van der Waals surface area (Å²) in [4.78, 5) is 27.2. The summed E-state index contributed by atoms with van der Waals surface area (Å²) in [5.74, 6) is -0.847. The molecule has 1 atom stereocenters. The van der Waals surface area contributed by atoms with E-state index in [1.54, 1.807) is 24.0 Å². The molecule has 0 bridgehead atoms. The number of rotatable bonds is 6. The van der Waals surface area contributed by atoms with E-state index in [9.17, 15) is 9.59 Å². The number of hydrogen-bond acceptors (Lipinski definition) is 4. The Balaban J connectivity index is 0.00000300. The summed E-state index contributed by atoms with van der Waals surface area (Å²) in [6.07, 6.45) is 0.189. The minimum absolute atomic E-state index is 0. The van der Waals surface area contributed by atoms with Crippen LogP contribution < -0.4 is 5.73 Å². The molecule has 7 heteroatoms. The third-order valence-electron chi connectivity index (χ3n) is 4.88. The summed E-state index contributed by atoms with van der Waals surface area (Å²) >= 11 is 6.00. The second kappa shape index (κ2) is 10.4. The van der Waals surface area contributed by atoms with Crippen molar-refractivity contribution in [1.82, 2.24) is 4.90 Å². The van der Waals surface area contributed by atoms with Crippen molar-refractivity contribution in [3.05, 3.63) is 82.0 Å². The number of amides is 1. The summed E-state index contributed by atoms with van der Waals surface area (Å²) in [6.45, 7) is 2.64. The lowest BCUT2D eigenvalue weighted by Crippen LogP contribution is -2.40. The molecular formula is C22H24Cl2N2O3. The highest BCUT2D eigenvalue weighted by Crippen LogP contribution is 2.37. The third kappa shape index (κ3) is 5.38. The van der Waals surface area contributed by atoms with Gasteiger partial charge in [0.05, 0.1) is 5.57 Å². The van der Waals surface area contributed by atoms with Gasteiger partial charge in [0.25, 0.3) is 0 Å². The van der Waals surface area contributed by atoms with Crippen molar-refractivity contribution in [1.29, 1.82) is 0 Å². The van der Waals surface area contributed by atoms with E-state index in [1.807, 2.05) is 42.5 Å². The SMILES string of the molecule is CC1=C(C(=O)OCc2ccccc2)C(c2ccc(Cl)cc2)CC(=O)N1CCN.Cl. The van der Waals surface area contributed by atoms with Gasteiger partial charge in [-0.15, -0.1) is 12.4 Å². The quantitative estimate of drug-likeness (QED) is 0.695. The van der Waals surface area contributed by atoms with Crippen molar-refractivity contribution in [2.45, 2.75) is 25.9 Å². The molecule has 0 radical (unpaired) electrons. The van der Waals surface area contributed by atoms with Crippen LogP contribution in [0, 0.1) is 0 Å². The molecule has 0 aliphatic carbocycles. The van der Waals surface area contributed by atoms with Gasteiger partial charge in [-0.2, -0.15) is 0 Å². The lowest BCUT2D eigenvalue weighted by atomic mass is 9.83. The lowest BCUT2D eigenvalue weighted by Gasteiger charge is -2.34. The van der Waals surface area contributed by atoms with Crippen LogP contribution in [0.5, 0.6) is 0 Å². The number of allylic oxidation sites excluding steroid dienone is 1. The van der Waals surface area contributed by atoms with Crippen LogP contribution in [-0.4, -0.2) is 29.9 Å². The van der Waals surface area contributed by atoms with Crippen LogP contribution in [0.15, 0.2) is 65.9 Å². The minimum atomic E-state index is -0.421. The fourth-order valence-electron chi connectivity index (χ4n) is 3.46. The first-order valence-corrected chi connectivity index (χ1v) is 9.56. The Bertz CT molecular complexity index is 883. The van der Waals surface area contributed by atoms with Crippen molar-refractivity contribution in [3.63, 3.8) is 0 Å². The van der Waals surface area contributed by atoms with Gasteiger partial charge in [0.15, 0.2) is 0 Å². The van der Waals surface area contributed by atoms with Crippen LogP contribution in [0.1, 0.15) is 30.4 Å². The maximum absolute atomic E-state index is 13.0. The molecule has 0 saturated heterocycles. The molecule has 5 nitrogen and oxygen atoms in total. The molecule has 29 heavy (non-hydrogen) atoms. The summed E-state index contributed by atoms with van der Waals surface area (Å²) in [5, 5.41) is 0.601. The Morgan fingerprint density at radius 3 is 2.45 bits per heavy atom. The second-order valence-corrected chi connectivity index (χ2v) is 7.14. The Morgan fingerprint density at radius 2 is 1.83 bits per heavy atom. The van der Waals surface area contributed by atoms with Gasteiger partial charge >= 0.3 is 5.97 Å². The molecular weight excluding hydrogens is 411 g/mol.